The molecule has 0 aliphatic rings. The van der Waals surface area contributed by atoms with Gasteiger partial charge in [-0.2, -0.15) is 8.78 Å². The molecule has 3 rings (SSSR count). The standard InChI is InChI=1S/C16H10Cl2F3N3O2/c17-11-5-13-14(6-12(11)18)23(15(22-13)16(20,21)8-19)7-9-1-3-10(4-2-9)24(25)26/h1-6H,7-8H2. The van der Waals surface area contributed by atoms with E-state index >= 15 is 0 Å². The van der Waals surface area contributed by atoms with Crippen LogP contribution >= 0.6 is 23.2 Å². The molecule has 0 spiro atoms. The van der Waals surface area contributed by atoms with Gasteiger partial charge in [-0.3, -0.25) is 10.1 Å². The number of fused-ring (bicyclic) bond motifs is 1. The monoisotopic (exact) mass is 403 g/mol. The van der Waals surface area contributed by atoms with E-state index < -0.39 is 23.3 Å². The van der Waals surface area contributed by atoms with E-state index in [1.54, 1.807) is 0 Å². The average molecular weight is 404 g/mol. The summed E-state index contributed by atoms with van der Waals surface area (Å²) in [7, 11) is 0. The van der Waals surface area contributed by atoms with Crippen LogP contribution in [0.3, 0.4) is 0 Å². The van der Waals surface area contributed by atoms with Gasteiger partial charge in [0.15, 0.2) is 12.5 Å². The highest BCUT2D eigenvalue weighted by Gasteiger charge is 2.38. The van der Waals surface area contributed by atoms with Crippen LogP contribution in [-0.2, 0) is 12.5 Å². The van der Waals surface area contributed by atoms with Crippen LogP contribution in [-0.4, -0.2) is 21.1 Å². The lowest BCUT2D eigenvalue weighted by Gasteiger charge is -2.15. The number of imidazole rings is 1. The summed E-state index contributed by atoms with van der Waals surface area (Å²) in [6, 6.07) is 8.06. The minimum absolute atomic E-state index is 0.0998. The van der Waals surface area contributed by atoms with Crippen LogP contribution in [0.1, 0.15) is 11.4 Å². The molecular weight excluding hydrogens is 394 g/mol. The van der Waals surface area contributed by atoms with Gasteiger partial charge in [-0.1, -0.05) is 35.3 Å². The Morgan fingerprint density at radius 3 is 2.35 bits per heavy atom. The molecule has 5 nitrogen and oxygen atoms in total. The van der Waals surface area contributed by atoms with Crippen molar-refractivity contribution < 1.29 is 18.1 Å². The molecule has 2 aromatic carbocycles. The van der Waals surface area contributed by atoms with Crippen LogP contribution in [0.25, 0.3) is 11.0 Å². The van der Waals surface area contributed by atoms with Gasteiger partial charge in [0.1, 0.15) is 0 Å². The van der Waals surface area contributed by atoms with E-state index in [-0.39, 0.29) is 33.3 Å². The Kier molecular flexibility index (Phi) is 4.81. The maximum Gasteiger partial charge on any atom is 0.332 e. The van der Waals surface area contributed by atoms with Gasteiger partial charge in [-0.05, 0) is 17.7 Å². The van der Waals surface area contributed by atoms with E-state index in [0.717, 1.165) is 4.57 Å². The summed E-state index contributed by atoms with van der Waals surface area (Å²) in [5.74, 6) is -4.58. The highest BCUT2D eigenvalue weighted by atomic mass is 35.5. The first-order valence-electron chi connectivity index (χ1n) is 7.26. The van der Waals surface area contributed by atoms with Crippen LogP contribution < -0.4 is 0 Å². The second-order valence-electron chi connectivity index (χ2n) is 5.54. The van der Waals surface area contributed by atoms with Gasteiger partial charge in [-0.25, -0.2) is 9.37 Å². The Balaban J connectivity index is 2.14. The van der Waals surface area contributed by atoms with Crippen LogP contribution in [0, 0.1) is 10.1 Å². The molecule has 0 amide bonds. The molecule has 0 aliphatic heterocycles. The summed E-state index contributed by atoms with van der Waals surface area (Å²) in [4.78, 5) is 14.0. The predicted octanol–water partition coefficient (Wildman–Crippen LogP) is 5.36. The maximum atomic E-state index is 14.0. The lowest BCUT2D eigenvalue weighted by Crippen LogP contribution is -2.22. The Labute approximate surface area is 155 Å². The van der Waals surface area contributed by atoms with E-state index in [2.05, 4.69) is 4.98 Å². The molecule has 0 N–H and O–H groups in total. The minimum Gasteiger partial charge on any atom is -0.318 e. The molecule has 1 aromatic heterocycles. The second-order valence-corrected chi connectivity index (χ2v) is 6.35. The fourth-order valence-electron chi connectivity index (χ4n) is 2.52. The van der Waals surface area contributed by atoms with Crippen molar-refractivity contribution in [3.8, 4) is 0 Å². The van der Waals surface area contributed by atoms with Gasteiger partial charge in [0.2, 0.25) is 0 Å². The Morgan fingerprint density at radius 2 is 1.77 bits per heavy atom. The zero-order valence-electron chi connectivity index (χ0n) is 12.9. The highest BCUT2D eigenvalue weighted by Crippen LogP contribution is 2.34. The molecule has 136 valence electrons. The van der Waals surface area contributed by atoms with Crippen molar-refractivity contribution in [2.75, 3.05) is 6.67 Å². The van der Waals surface area contributed by atoms with Gasteiger partial charge in [0, 0.05) is 18.7 Å². The molecule has 0 bridgehead atoms. The third-order valence-electron chi connectivity index (χ3n) is 3.77. The van der Waals surface area contributed by atoms with Gasteiger partial charge in [0.05, 0.1) is 26.0 Å². The Hall–Kier alpha value is -2.32. The van der Waals surface area contributed by atoms with E-state index in [4.69, 9.17) is 23.2 Å². The number of halogens is 5. The summed E-state index contributed by atoms with van der Waals surface area (Å²) in [6.07, 6.45) is 0. The third-order valence-corrected chi connectivity index (χ3v) is 4.50. The van der Waals surface area contributed by atoms with Crippen LogP contribution in [0.4, 0.5) is 18.9 Å². The molecule has 0 fully saturated rings. The molecule has 0 saturated heterocycles. The van der Waals surface area contributed by atoms with Crippen molar-refractivity contribution in [3.63, 3.8) is 0 Å². The molecular formula is C16H10Cl2F3N3O2. The van der Waals surface area contributed by atoms with E-state index in [1.807, 2.05) is 0 Å². The van der Waals surface area contributed by atoms with Gasteiger partial charge in [-0.15, -0.1) is 0 Å². The number of non-ortho nitro benzene ring substituents is 1. The average Bonchev–Trinajstić information content (AvgIpc) is 2.94. The smallest absolute Gasteiger partial charge is 0.318 e. The Morgan fingerprint density at radius 1 is 1.15 bits per heavy atom. The van der Waals surface area contributed by atoms with Gasteiger partial charge >= 0.3 is 5.92 Å². The predicted molar refractivity (Wildman–Crippen MR) is 91.8 cm³/mol. The molecule has 0 unspecified atom stereocenters. The first-order valence-corrected chi connectivity index (χ1v) is 8.01. The second kappa shape index (κ2) is 6.77. The van der Waals surface area contributed by atoms with Crippen molar-refractivity contribution in [1.82, 2.24) is 9.55 Å². The molecule has 0 aliphatic carbocycles. The number of hydrogen-bond donors (Lipinski definition) is 0. The first kappa shape index (κ1) is 18.5. The fraction of sp³-hybridized carbons (Fsp3) is 0.188. The quantitative estimate of drug-likeness (QED) is 0.425. The van der Waals surface area contributed by atoms with E-state index in [1.165, 1.54) is 36.4 Å². The van der Waals surface area contributed by atoms with Gasteiger partial charge < -0.3 is 4.57 Å². The summed E-state index contributed by atoms with van der Waals surface area (Å²) >= 11 is 11.9. The fourth-order valence-corrected chi connectivity index (χ4v) is 2.84. The molecule has 0 atom stereocenters. The Bertz CT molecular complexity index is 991. The lowest BCUT2D eigenvalue weighted by atomic mass is 10.2. The van der Waals surface area contributed by atoms with E-state index in [0.29, 0.717) is 5.56 Å². The van der Waals surface area contributed by atoms with Crippen molar-refractivity contribution in [2.45, 2.75) is 12.5 Å². The van der Waals surface area contributed by atoms with Crippen LogP contribution in [0.15, 0.2) is 36.4 Å². The van der Waals surface area contributed by atoms with E-state index in [9.17, 15) is 23.3 Å². The molecule has 3 aromatic rings. The van der Waals surface area contributed by atoms with Crippen molar-refractivity contribution in [3.05, 3.63) is 67.9 Å². The third kappa shape index (κ3) is 3.34. The highest BCUT2D eigenvalue weighted by molar-refractivity contribution is 6.42. The number of nitro benzene ring substituents is 1. The molecule has 10 heteroatoms. The zero-order valence-corrected chi connectivity index (χ0v) is 14.4. The van der Waals surface area contributed by atoms with Crippen molar-refractivity contribution in [1.29, 1.82) is 0 Å². The molecule has 26 heavy (non-hydrogen) atoms. The number of benzene rings is 2. The maximum absolute atomic E-state index is 14.0. The van der Waals surface area contributed by atoms with Gasteiger partial charge in [0.25, 0.3) is 5.69 Å². The molecule has 0 saturated carbocycles. The zero-order chi connectivity index (χ0) is 19.1. The van der Waals surface area contributed by atoms with Crippen LogP contribution in [0.5, 0.6) is 0 Å². The summed E-state index contributed by atoms with van der Waals surface area (Å²) < 4.78 is 42.1. The van der Waals surface area contributed by atoms with Crippen molar-refractivity contribution in [2.24, 2.45) is 0 Å². The SMILES string of the molecule is O=[N+]([O-])c1ccc(Cn2c(C(F)(F)CF)nc3cc(Cl)c(Cl)cc32)cc1. The number of nitrogens with zero attached hydrogens (tertiary/aromatic N) is 3. The first-order chi connectivity index (χ1) is 12.2. The summed E-state index contributed by atoms with van der Waals surface area (Å²) in [5, 5.41) is 11.0. The largest absolute Gasteiger partial charge is 0.332 e. The summed E-state index contributed by atoms with van der Waals surface area (Å²) in [5.41, 5.74) is 0.760. The molecule has 1 heterocycles. The number of nitro groups is 1. The minimum atomic E-state index is -3.81. The number of aromatic nitrogens is 2. The number of alkyl halides is 3. The lowest BCUT2D eigenvalue weighted by molar-refractivity contribution is -0.384. The van der Waals surface area contributed by atoms with Crippen LogP contribution in [0.2, 0.25) is 10.0 Å². The number of hydrogen-bond acceptors (Lipinski definition) is 3. The summed E-state index contributed by atoms with van der Waals surface area (Å²) in [6.45, 7) is -2.02. The van der Waals surface area contributed by atoms with Crippen molar-refractivity contribution >= 4 is 39.9 Å². The normalized spacial score (nSPS) is 11.9. The number of rotatable bonds is 5. The topological polar surface area (TPSA) is 61.0 Å². The molecule has 0 radical (unpaired) electrons.